The lowest BCUT2D eigenvalue weighted by Gasteiger charge is -2.33. The van der Waals surface area contributed by atoms with Crippen molar-refractivity contribution in [2.75, 3.05) is 44.9 Å². The largest absolute Gasteiger partial charge is 0.454 e. The summed E-state index contributed by atoms with van der Waals surface area (Å²) in [6, 6.07) is 15.3. The lowest BCUT2D eigenvalue weighted by Crippen LogP contribution is -2.39. The maximum atomic E-state index is 12.1. The van der Waals surface area contributed by atoms with E-state index in [4.69, 9.17) is 14.2 Å². The third-order valence-electron chi connectivity index (χ3n) is 5.35. The monoisotopic (exact) mass is 425 g/mol. The molecule has 8 heteroatoms. The summed E-state index contributed by atoms with van der Waals surface area (Å²) < 4.78 is 16.4. The highest BCUT2D eigenvalue weighted by Gasteiger charge is 2.21. The lowest BCUT2D eigenvalue weighted by atomic mass is 10.1. The number of nitrogens with one attached hydrogen (secondary N) is 2. The topological polar surface area (TPSA) is 89.1 Å². The van der Waals surface area contributed by atoms with E-state index >= 15 is 0 Å². The smallest absolute Gasteiger partial charge is 0.313 e. The number of fused-ring (bicyclic) bond motifs is 1. The van der Waals surface area contributed by atoms with Gasteiger partial charge in [0.2, 0.25) is 6.79 Å². The molecular weight excluding hydrogens is 398 g/mol. The van der Waals surface area contributed by atoms with Gasteiger partial charge in [0.15, 0.2) is 11.5 Å². The minimum Gasteiger partial charge on any atom is -0.454 e. The number of ether oxygens (including phenoxy) is 3. The molecule has 0 unspecified atom stereocenters. The Labute approximate surface area is 181 Å². The number of morpholine rings is 1. The number of hydrogen-bond donors (Lipinski definition) is 2. The van der Waals surface area contributed by atoms with Crippen molar-refractivity contribution in [3.05, 3.63) is 54.1 Å². The molecule has 164 valence electrons. The summed E-state index contributed by atoms with van der Waals surface area (Å²) >= 11 is 0. The second kappa shape index (κ2) is 10.3. The molecule has 2 aromatic rings. The Kier molecular flexibility index (Phi) is 7.01. The van der Waals surface area contributed by atoms with Crippen molar-refractivity contribution < 1.29 is 23.8 Å². The molecule has 2 aliphatic heterocycles. The Morgan fingerprint density at radius 1 is 1.00 bits per heavy atom. The van der Waals surface area contributed by atoms with Gasteiger partial charge in [0, 0.05) is 31.4 Å². The van der Waals surface area contributed by atoms with Gasteiger partial charge >= 0.3 is 11.8 Å². The summed E-state index contributed by atoms with van der Waals surface area (Å²) in [6.07, 6.45) is 1.84. The van der Waals surface area contributed by atoms with Crippen molar-refractivity contribution in [3.8, 4) is 11.5 Å². The first-order valence-corrected chi connectivity index (χ1v) is 10.6. The van der Waals surface area contributed by atoms with Crippen molar-refractivity contribution in [1.82, 2.24) is 10.2 Å². The molecule has 4 rings (SSSR count). The van der Waals surface area contributed by atoms with Crippen LogP contribution in [0.4, 0.5) is 5.69 Å². The molecule has 0 radical (unpaired) electrons. The highest BCUT2D eigenvalue weighted by atomic mass is 16.7. The van der Waals surface area contributed by atoms with E-state index in [9.17, 15) is 9.59 Å². The predicted octanol–water partition coefficient (Wildman–Crippen LogP) is 2.32. The van der Waals surface area contributed by atoms with Crippen LogP contribution in [0.3, 0.4) is 0 Å². The fraction of sp³-hybridized carbons (Fsp3) is 0.391. The quantitative estimate of drug-likeness (QED) is 0.523. The average molecular weight is 425 g/mol. The zero-order valence-electron chi connectivity index (χ0n) is 17.3. The Hall–Kier alpha value is -3.10. The maximum Gasteiger partial charge on any atom is 0.313 e. The second-order valence-corrected chi connectivity index (χ2v) is 7.56. The minimum atomic E-state index is -0.697. The van der Waals surface area contributed by atoms with Crippen LogP contribution in [0.25, 0.3) is 0 Å². The number of hydrogen-bond acceptors (Lipinski definition) is 6. The molecule has 2 aliphatic rings. The number of anilines is 1. The first-order valence-electron chi connectivity index (χ1n) is 10.6. The third kappa shape index (κ3) is 5.74. The number of carbonyl (C=O) groups excluding carboxylic acids is 2. The summed E-state index contributed by atoms with van der Waals surface area (Å²) in [6.45, 7) is 4.05. The molecule has 2 N–H and O–H groups in total. The summed E-state index contributed by atoms with van der Waals surface area (Å²) in [5.41, 5.74) is 1.69. The Morgan fingerprint density at radius 3 is 2.71 bits per heavy atom. The van der Waals surface area contributed by atoms with E-state index in [0.717, 1.165) is 39.1 Å². The molecule has 31 heavy (non-hydrogen) atoms. The van der Waals surface area contributed by atoms with Gasteiger partial charge in [0.25, 0.3) is 0 Å². The van der Waals surface area contributed by atoms with Crippen molar-refractivity contribution in [2.24, 2.45) is 0 Å². The van der Waals surface area contributed by atoms with Crippen LogP contribution in [0, 0.1) is 0 Å². The van der Waals surface area contributed by atoms with Crippen LogP contribution in [0.15, 0.2) is 48.5 Å². The molecular formula is C23H27N3O5. The van der Waals surface area contributed by atoms with Gasteiger partial charge in [-0.1, -0.05) is 30.3 Å². The minimum absolute atomic E-state index is 0.106. The van der Waals surface area contributed by atoms with E-state index in [1.807, 2.05) is 18.2 Å². The SMILES string of the molecule is O=C(NCCCCN1CCO[C@H](c2ccccc2)C1)C(=O)Nc1ccc2c(c1)OCO2. The normalized spacial score (nSPS) is 17.9. The van der Waals surface area contributed by atoms with E-state index in [-0.39, 0.29) is 12.9 Å². The highest BCUT2D eigenvalue weighted by Crippen LogP contribution is 2.34. The molecule has 0 spiro atoms. The molecule has 0 aliphatic carbocycles. The molecule has 1 atom stereocenters. The number of benzene rings is 2. The number of amides is 2. The van der Waals surface area contributed by atoms with Crippen molar-refractivity contribution in [1.29, 1.82) is 0 Å². The van der Waals surface area contributed by atoms with Crippen molar-refractivity contribution >= 4 is 17.5 Å². The lowest BCUT2D eigenvalue weighted by molar-refractivity contribution is -0.136. The molecule has 1 fully saturated rings. The van der Waals surface area contributed by atoms with E-state index in [1.165, 1.54) is 5.56 Å². The van der Waals surface area contributed by atoms with Gasteiger partial charge in [-0.2, -0.15) is 0 Å². The van der Waals surface area contributed by atoms with Gasteiger partial charge in [0.1, 0.15) is 0 Å². The second-order valence-electron chi connectivity index (χ2n) is 7.56. The number of unbranched alkanes of at least 4 members (excludes halogenated alkanes) is 1. The first-order chi connectivity index (χ1) is 15.2. The highest BCUT2D eigenvalue weighted by molar-refractivity contribution is 6.39. The van der Waals surface area contributed by atoms with Gasteiger partial charge in [-0.25, -0.2) is 0 Å². The summed E-state index contributed by atoms with van der Waals surface area (Å²) in [7, 11) is 0. The molecule has 1 saturated heterocycles. The predicted molar refractivity (Wildman–Crippen MR) is 115 cm³/mol. The molecule has 0 saturated carbocycles. The molecule has 2 heterocycles. The van der Waals surface area contributed by atoms with Gasteiger partial charge in [-0.3, -0.25) is 14.5 Å². The van der Waals surface area contributed by atoms with Crippen LogP contribution in [0.1, 0.15) is 24.5 Å². The van der Waals surface area contributed by atoms with Crippen LogP contribution < -0.4 is 20.1 Å². The molecule has 8 nitrogen and oxygen atoms in total. The zero-order chi connectivity index (χ0) is 21.5. The van der Waals surface area contributed by atoms with E-state index < -0.39 is 11.8 Å². The van der Waals surface area contributed by atoms with Gasteiger partial charge in [-0.05, 0) is 37.1 Å². The van der Waals surface area contributed by atoms with Crippen molar-refractivity contribution in [3.63, 3.8) is 0 Å². The summed E-state index contributed by atoms with van der Waals surface area (Å²) in [5, 5.41) is 5.25. The Morgan fingerprint density at radius 2 is 1.84 bits per heavy atom. The molecule has 2 aromatic carbocycles. The summed E-state index contributed by atoms with van der Waals surface area (Å²) in [4.78, 5) is 26.5. The van der Waals surface area contributed by atoms with Gasteiger partial charge in [0.05, 0.1) is 12.7 Å². The fourth-order valence-corrected chi connectivity index (χ4v) is 3.68. The standard InChI is InChI=1S/C23H27N3O5/c27-22(23(28)25-18-8-9-19-20(14-18)31-16-30-19)24-10-4-5-11-26-12-13-29-21(15-26)17-6-2-1-3-7-17/h1-3,6-9,14,21H,4-5,10-13,15-16H2,(H,24,27)(H,25,28)/t21-/m0/s1. The Balaban J connectivity index is 1.13. The molecule has 0 bridgehead atoms. The van der Waals surface area contributed by atoms with Crippen LogP contribution in [-0.4, -0.2) is 56.3 Å². The van der Waals surface area contributed by atoms with E-state index in [2.05, 4.69) is 27.7 Å². The van der Waals surface area contributed by atoms with Crippen molar-refractivity contribution in [2.45, 2.75) is 18.9 Å². The van der Waals surface area contributed by atoms with Crippen LogP contribution in [0.2, 0.25) is 0 Å². The molecule has 0 aromatic heterocycles. The molecule has 2 amide bonds. The van der Waals surface area contributed by atoms with Gasteiger partial charge in [-0.15, -0.1) is 0 Å². The van der Waals surface area contributed by atoms with Crippen LogP contribution in [0.5, 0.6) is 11.5 Å². The Bertz CT molecular complexity index is 905. The zero-order valence-corrected chi connectivity index (χ0v) is 17.3. The maximum absolute atomic E-state index is 12.1. The van der Waals surface area contributed by atoms with Gasteiger partial charge < -0.3 is 24.8 Å². The first kappa shape index (κ1) is 21.1. The average Bonchev–Trinajstić information content (AvgIpc) is 3.27. The fourth-order valence-electron chi connectivity index (χ4n) is 3.68. The van der Waals surface area contributed by atoms with Crippen LogP contribution in [-0.2, 0) is 14.3 Å². The third-order valence-corrected chi connectivity index (χ3v) is 5.35. The van der Waals surface area contributed by atoms with Crippen LogP contribution >= 0.6 is 0 Å². The number of rotatable bonds is 7. The number of nitrogens with zero attached hydrogens (tertiary/aromatic N) is 1. The summed E-state index contributed by atoms with van der Waals surface area (Å²) in [5.74, 6) is -0.167. The number of carbonyl (C=O) groups is 2. The van der Waals surface area contributed by atoms with E-state index in [0.29, 0.717) is 23.7 Å². The van der Waals surface area contributed by atoms with E-state index in [1.54, 1.807) is 18.2 Å².